The number of nitrogens with zero attached hydrogens (tertiary/aromatic N) is 5. The van der Waals surface area contributed by atoms with Gasteiger partial charge in [-0.25, -0.2) is 14.5 Å². The molecule has 0 N–H and O–H groups in total. The lowest BCUT2D eigenvalue weighted by Crippen LogP contribution is -2.36. The fraction of sp³-hybridized carbons (Fsp3) is 0.412. The number of carbonyl (C=O) groups is 1. The number of hydrogen-bond donors (Lipinski definition) is 0. The van der Waals surface area contributed by atoms with E-state index in [9.17, 15) is 4.79 Å². The molecule has 1 aliphatic heterocycles. The molecule has 1 aliphatic rings. The zero-order chi connectivity index (χ0) is 16.9. The first kappa shape index (κ1) is 14.9. The Morgan fingerprint density at radius 2 is 2.17 bits per heavy atom. The highest BCUT2D eigenvalue weighted by Gasteiger charge is 2.30. The van der Waals surface area contributed by atoms with Crippen LogP contribution in [0.15, 0.2) is 28.9 Å². The summed E-state index contributed by atoms with van der Waals surface area (Å²) >= 11 is 0. The van der Waals surface area contributed by atoms with Gasteiger partial charge in [-0.1, -0.05) is 20.8 Å². The van der Waals surface area contributed by atoms with E-state index in [1.54, 1.807) is 27.9 Å². The zero-order valence-electron chi connectivity index (χ0n) is 14.0. The lowest BCUT2D eigenvalue weighted by atomic mass is 9.97. The van der Waals surface area contributed by atoms with Crippen molar-refractivity contribution in [1.29, 1.82) is 0 Å². The Morgan fingerprint density at radius 1 is 1.33 bits per heavy atom. The van der Waals surface area contributed by atoms with Gasteiger partial charge in [0.15, 0.2) is 17.2 Å². The number of fused-ring (bicyclic) bond motifs is 2. The number of amides is 1. The van der Waals surface area contributed by atoms with Gasteiger partial charge in [0.25, 0.3) is 5.91 Å². The van der Waals surface area contributed by atoms with Crippen molar-refractivity contribution < 1.29 is 9.21 Å². The summed E-state index contributed by atoms with van der Waals surface area (Å²) in [5, 5.41) is 4.21. The highest BCUT2D eigenvalue weighted by Crippen LogP contribution is 2.27. The predicted octanol–water partition coefficient (Wildman–Crippen LogP) is 2.21. The molecule has 4 rings (SSSR count). The molecule has 7 nitrogen and oxygen atoms in total. The fourth-order valence-electron chi connectivity index (χ4n) is 2.83. The van der Waals surface area contributed by atoms with Crippen molar-refractivity contribution >= 4 is 11.6 Å². The Bertz CT molecular complexity index is 919. The highest BCUT2D eigenvalue weighted by molar-refractivity contribution is 5.93. The molecule has 124 valence electrons. The van der Waals surface area contributed by atoms with E-state index in [0.717, 1.165) is 17.3 Å². The molecule has 0 bridgehead atoms. The van der Waals surface area contributed by atoms with Crippen LogP contribution in [0.2, 0.25) is 0 Å². The average Bonchev–Trinajstić information content (AvgIpc) is 3.17. The van der Waals surface area contributed by atoms with Crippen molar-refractivity contribution in [2.45, 2.75) is 39.2 Å². The number of imidazole rings is 1. The van der Waals surface area contributed by atoms with Crippen molar-refractivity contribution in [1.82, 2.24) is 24.5 Å². The molecule has 0 aliphatic carbocycles. The van der Waals surface area contributed by atoms with Crippen molar-refractivity contribution in [3.63, 3.8) is 0 Å². The molecule has 3 aromatic rings. The minimum Gasteiger partial charge on any atom is -0.445 e. The molecule has 0 unspecified atom stereocenters. The summed E-state index contributed by atoms with van der Waals surface area (Å²) in [5.74, 6) is 1.52. The normalized spacial score (nSPS) is 14.9. The SMILES string of the molecule is CC(C)(C)c1nc2c(o1)CCN(C(=O)c1cnc3cccnn13)C2. The third kappa shape index (κ3) is 2.36. The summed E-state index contributed by atoms with van der Waals surface area (Å²) in [6.45, 7) is 7.25. The Hall–Kier alpha value is -2.70. The van der Waals surface area contributed by atoms with Gasteiger partial charge >= 0.3 is 0 Å². The number of hydrogen-bond acceptors (Lipinski definition) is 5. The molecular formula is C17H19N5O2. The Balaban J connectivity index is 1.62. The van der Waals surface area contributed by atoms with Crippen molar-refractivity contribution in [3.05, 3.63) is 47.6 Å². The van der Waals surface area contributed by atoms with Crippen molar-refractivity contribution in [3.8, 4) is 0 Å². The van der Waals surface area contributed by atoms with Crippen LogP contribution in [0.1, 0.15) is 48.6 Å². The average molecular weight is 325 g/mol. The molecule has 4 heterocycles. The Kier molecular flexibility index (Phi) is 3.19. The van der Waals surface area contributed by atoms with E-state index in [2.05, 4.69) is 35.8 Å². The topological polar surface area (TPSA) is 76.5 Å². The lowest BCUT2D eigenvalue weighted by Gasteiger charge is -2.24. The first-order chi connectivity index (χ1) is 11.4. The maximum Gasteiger partial charge on any atom is 0.274 e. The van der Waals surface area contributed by atoms with Gasteiger partial charge in [-0.15, -0.1) is 0 Å². The highest BCUT2D eigenvalue weighted by atomic mass is 16.4. The second kappa shape index (κ2) is 5.15. The molecule has 0 spiro atoms. The van der Waals surface area contributed by atoms with Gasteiger partial charge in [0.05, 0.1) is 12.7 Å². The molecule has 7 heteroatoms. The molecule has 0 fully saturated rings. The van der Waals surface area contributed by atoms with Gasteiger partial charge in [-0.05, 0) is 12.1 Å². The van der Waals surface area contributed by atoms with E-state index in [1.165, 1.54) is 0 Å². The largest absolute Gasteiger partial charge is 0.445 e. The molecule has 0 saturated heterocycles. The van der Waals surface area contributed by atoms with Gasteiger partial charge in [0.1, 0.15) is 11.5 Å². The van der Waals surface area contributed by atoms with Crippen LogP contribution in [0.3, 0.4) is 0 Å². The molecule has 0 aromatic carbocycles. The number of carbonyl (C=O) groups excluding carboxylic acids is 1. The summed E-state index contributed by atoms with van der Waals surface area (Å²) in [4.78, 5) is 23.5. The number of oxazole rings is 1. The van der Waals surface area contributed by atoms with Crippen LogP contribution in [0.5, 0.6) is 0 Å². The molecule has 24 heavy (non-hydrogen) atoms. The van der Waals surface area contributed by atoms with Gasteiger partial charge in [0.2, 0.25) is 0 Å². The van der Waals surface area contributed by atoms with Gasteiger partial charge in [0, 0.05) is 24.6 Å². The standard InChI is InChI=1S/C17H19N5O2/c1-17(2,3)16-20-11-10-21(8-6-13(11)24-16)15(23)12-9-18-14-5-4-7-19-22(12)14/h4-5,7,9H,6,8,10H2,1-3H3. The Morgan fingerprint density at radius 3 is 2.96 bits per heavy atom. The molecule has 1 amide bonds. The fourth-order valence-corrected chi connectivity index (χ4v) is 2.83. The van der Waals surface area contributed by atoms with Crippen LogP contribution in [-0.4, -0.2) is 36.9 Å². The van der Waals surface area contributed by atoms with Gasteiger partial charge < -0.3 is 9.32 Å². The van der Waals surface area contributed by atoms with Crippen LogP contribution in [0, 0.1) is 0 Å². The van der Waals surface area contributed by atoms with Crippen molar-refractivity contribution in [2.75, 3.05) is 6.54 Å². The monoisotopic (exact) mass is 325 g/mol. The van der Waals surface area contributed by atoms with Gasteiger partial charge in [-0.3, -0.25) is 4.79 Å². The van der Waals surface area contributed by atoms with Crippen LogP contribution >= 0.6 is 0 Å². The third-order valence-electron chi connectivity index (χ3n) is 4.15. The second-order valence-electron chi connectivity index (χ2n) is 7.05. The van der Waals surface area contributed by atoms with E-state index in [-0.39, 0.29) is 11.3 Å². The van der Waals surface area contributed by atoms with E-state index >= 15 is 0 Å². The molecule has 0 atom stereocenters. The quantitative estimate of drug-likeness (QED) is 0.685. The van der Waals surface area contributed by atoms with Crippen LogP contribution in [-0.2, 0) is 18.4 Å². The van der Waals surface area contributed by atoms with Crippen LogP contribution < -0.4 is 0 Å². The summed E-state index contributed by atoms with van der Waals surface area (Å²) in [6, 6.07) is 3.62. The summed E-state index contributed by atoms with van der Waals surface area (Å²) < 4.78 is 7.45. The number of rotatable bonds is 1. The van der Waals surface area contributed by atoms with E-state index in [4.69, 9.17) is 4.42 Å². The maximum atomic E-state index is 12.9. The zero-order valence-corrected chi connectivity index (χ0v) is 14.0. The van der Waals surface area contributed by atoms with E-state index in [1.807, 2.05) is 6.07 Å². The minimum absolute atomic E-state index is 0.0906. The summed E-state index contributed by atoms with van der Waals surface area (Å²) in [7, 11) is 0. The van der Waals surface area contributed by atoms with Crippen LogP contribution in [0.25, 0.3) is 5.65 Å². The van der Waals surface area contributed by atoms with Gasteiger partial charge in [-0.2, -0.15) is 5.10 Å². The molecule has 0 saturated carbocycles. The molecular weight excluding hydrogens is 306 g/mol. The smallest absolute Gasteiger partial charge is 0.274 e. The summed E-state index contributed by atoms with van der Waals surface area (Å²) in [6.07, 6.45) is 3.89. The first-order valence-corrected chi connectivity index (χ1v) is 8.00. The van der Waals surface area contributed by atoms with E-state index in [0.29, 0.717) is 30.9 Å². The molecule has 3 aromatic heterocycles. The first-order valence-electron chi connectivity index (χ1n) is 8.00. The minimum atomic E-state index is -0.141. The third-order valence-corrected chi connectivity index (χ3v) is 4.15. The molecule has 0 radical (unpaired) electrons. The predicted molar refractivity (Wildman–Crippen MR) is 86.6 cm³/mol. The Labute approximate surface area is 139 Å². The van der Waals surface area contributed by atoms with E-state index < -0.39 is 0 Å². The van der Waals surface area contributed by atoms with Crippen molar-refractivity contribution in [2.24, 2.45) is 0 Å². The van der Waals surface area contributed by atoms with Crippen LogP contribution in [0.4, 0.5) is 0 Å². The number of aromatic nitrogens is 4. The second-order valence-corrected chi connectivity index (χ2v) is 7.05. The summed E-state index contributed by atoms with van der Waals surface area (Å²) in [5.41, 5.74) is 1.84. The maximum absolute atomic E-state index is 12.9. The lowest BCUT2D eigenvalue weighted by molar-refractivity contribution is 0.0719.